The molecule has 0 saturated heterocycles. The van der Waals surface area contributed by atoms with Gasteiger partial charge in [-0.15, -0.1) is 0 Å². The summed E-state index contributed by atoms with van der Waals surface area (Å²) in [6.07, 6.45) is 7.05. The number of aldehydes is 1. The molecule has 0 heterocycles. The van der Waals surface area contributed by atoms with Crippen LogP contribution in [0.1, 0.15) is 57.1 Å². The second-order valence-corrected chi connectivity index (χ2v) is 5.34. The van der Waals surface area contributed by atoms with Gasteiger partial charge < -0.3 is 9.90 Å². The van der Waals surface area contributed by atoms with E-state index in [1.165, 1.54) is 5.56 Å². The number of aliphatic hydroxyl groups is 1. The van der Waals surface area contributed by atoms with Crippen molar-refractivity contribution in [2.45, 2.75) is 58.0 Å². The maximum absolute atomic E-state index is 10.2. The summed E-state index contributed by atoms with van der Waals surface area (Å²) in [6, 6.07) is 8.10. The van der Waals surface area contributed by atoms with Crippen molar-refractivity contribution in [2.24, 2.45) is 0 Å². The van der Waals surface area contributed by atoms with Crippen LogP contribution in [0.25, 0.3) is 0 Å². The van der Waals surface area contributed by atoms with Gasteiger partial charge in [-0.25, -0.2) is 0 Å². The standard InChI is InChI=1S/C16H24O2/c1-16(2,18)15-12-8-7-11-14(15)10-6-4-3-5-9-13-17/h7-8,11-13,18H,3-6,9-10H2,1-2H3. The first-order chi connectivity index (χ1) is 8.55. The van der Waals surface area contributed by atoms with Crippen LogP contribution in [0.15, 0.2) is 24.3 Å². The molecule has 100 valence electrons. The fourth-order valence-electron chi connectivity index (χ4n) is 2.23. The van der Waals surface area contributed by atoms with E-state index in [1.54, 1.807) is 0 Å². The van der Waals surface area contributed by atoms with Gasteiger partial charge >= 0.3 is 0 Å². The third-order valence-electron chi connectivity index (χ3n) is 3.19. The van der Waals surface area contributed by atoms with E-state index in [0.717, 1.165) is 44.0 Å². The summed E-state index contributed by atoms with van der Waals surface area (Å²) in [5, 5.41) is 10.1. The third-order valence-corrected chi connectivity index (χ3v) is 3.19. The van der Waals surface area contributed by atoms with Gasteiger partial charge in [0.15, 0.2) is 0 Å². The van der Waals surface area contributed by atoms with Gasteiger partial charge in [0, 0.05) is 6.42 Å². The van der Waals surface area contributed by atoms with E-state index in [1.807, 2.05) is 32.0 Å². The number of aryl methyl sites for hydroxylation is 1. The molecule has 1 aromatic rings. The van der Waals surface area contributed by atoms with Crippen LogP contribution in [0.2, 0.25) is 0 Å². The quantitative estimate of drug-likeness (QED) is 0.563. The van der Waals surface area contributed by atoms with Crippen molar-refractivity contribution in [1.29, 1.82) is 0 Å². The third kappa shape index (κ3) is 5.01. The van der Waals surface area contributed by atoms with E-state index in [9.17, 15) is 9.90 Å². The van der Waals surface area contributed by atoms with Crippen LogP contribution in [0.4, 0.5) is 0 Å². The molecule has 0 atom stereocenters. The highest BCUT2D eigenvalue weighted by Crippen LogP contribution is 2.24. The Morgan fingerprint density at radius 1 is 1.11 bits per heavy atom. The Bertz CT molecular complexity index is 364. The zero-order chi connectivity index (χ0) is 13.4. The molecule has 0 unspecified atom stereocenters. The topological polar surface area (TPSA) is 37.3 Å². The molecule has 0 aliphatic rings. The van der Waals surface area contributed by atoms with Crippen LogP contribution in [-0.2, 0) is 16.8 Å². The first-order valence-electron chi connectivity index (χ1n) is 6.80. The number of unbranched alkanes of at least 4 members (excludes halogenated alkanes) is 4. The number of carbonyl (C=O) groups is 1. The zero-order valence-electron chi connectivity index (χ0n) is 11.5. The van der Waals surface area contributed by atoms with E-state index >= 15 is 0 Å². The molecule has 0 saturated carbocycles. The number of hydrogen-bond acceptors (Lipinski definition) is 2. The van der Waals surface area contributed by atoms with Crippen LogP contribution in [0.3, 0.4) is 0 Å². The lowest BCUT2D eigenvalue weighted by Crippen LogP contribution is -2.17. The van der Waals surface area contributed by atoms with E-state index in [2.05, 4.69) is 6.07 Å². The molecule has 0 aliphatic carbocycles. The molecule has 0 aromatic heterocycles. The fraction of sp³-hybridized carbons (Fsp3) is 0.562. The van der Waals surface area contributed by atoms with Gasteiger partial charge in [-0.3, -0.25) is 0 Å². The lowest BCUT2D eigenvalue weighted by molar-refractivity contribution is -0.107. The second-order valence-electron chi connectivity index (χ2n) is 5.34. The monoisotopic (exact) mass is 248 g/mol. The summed E-state index contributed by atoms with van der Waals surface area (Å²) in [6.45, 7) is 3.66. The van der Waals surface area contributed by atoms with Gasteiger partial charge in [-0.05, 0) is 44.2 Å². The van der Waals surface area contributed by atoms with Crippen molar-refractivity contribution >= 4 is 6.29 Å². The van der Waals surface area contributed by atoms with Gasteiger partial charge in [0.1, 0.15) is 6.29 Å². The Morgan fingerprint density at radius 3 is 2.44 bits per heavy atom. The highest BCUT2D eigenvalue weighted by Gasteiger charge is 2.18. The molecule has 0 amide bonds. The highest BCUT2D eigenvalue weighted by molar-refractivity contribution is 5.48. The summed E-state index contributed by atoms with van der Waals surface area (Å²) >= 11 is 0. The highest BCUT2D eigenvalue weighted by atomic mass is 16.3. The van der Waals surface area contributed by atoms with Gasteiger partial charge in [0.2, 0.25) is 0 Å². The Labute approximate surface area is 110 Å². The van der Waals surface area contributed by atoms with Crippen LogP contribution < -0.4 is 0 Å². The van der Waals surface area contributed by atoms with Crippen molar-refractivity contribution in [3.05, 3.63) is 35.4 Å². The molecule has 2 heteroatoms. The molecule has 0 fully saturated rings. The van der Waals surface area contributed by atoms with Crippen LogP contribution in [0, 0.1) is 0 Å². The molecule has 1 aromatic carbocycles. The molecule has 0 radical (unpaired) electrons. The Hall–Kier alpha value is -1.15. The first kappa shape index (κ1) is 14.9. The van der Waals surface area contributed by atoms with Crippen molar-refractivity contribution in [3.63, 3.8) is 0 Å². The van der Waals surface area contributed by atoms with Crippen molar-refractivity contribution in [3.8, 4) is 0 Å². The van der Waals surface area contributed by atoms with Gasteiger partial charge in [-0.2, -0.15) is 0 Å². The number of rotatable bonds is 8. The van der Waals surface area contributed by atoms with E-state index in [-0.39, 0.29) is 0 Å². The van der Waals surface area contributed by atoms with Gasteiger partial charge in [0.25, 0.3) is 0 Å². The maximum Gasteiger partial charge on any atom is 0.119 e. The number of hydrogen-bond donors (Lipinski definition) is 1. The number of carbonyl (C=O) groups excluding carboxylic acids is 1. The normalized spacial score (nSPS) is 11.5. The Balaban J connectivity index is 2.45. The van der Waals surface area contributed by atoms with Crippen LogP contribution in [0.5, 0.6) is 0 Å². The van der Waals surface area contributed by atoms with Crippen molar-refractivity contribution in [1.82, 2.24) is 0 Å². The minimum absolute atomic E-state index is 0.681. The Kier molecular flexibility index (Phi) is 6.06. The maximum atomic E-state index is 10.2. The summed E-state index contributed by atoms with van der Waals surface area (Å²) in [5.41, 5.74) is 1.49. The van der Waals surface area contributed by atoms with Crippen molar-refractivity contribution in [2.75, 3.05) is 0 Å². The molecule has 1 rings (SSSR count). The van der Waals surface area contributed by atoms with E-state index < -0.39 is 5.60 Å². The average Bonchev–Trinajstić information content (AvgIpc) is 2.33. The lowest BCUT2D eigenvalue weighted by atomic mass is 9.90. The molecular formula is C16H24O2. The summed E-state index contributed by atoms with van der Waals surface area (Å²) in [5.74, 6) is 0. The minimum Gasteiger partial charge on any atom is -0.386 e. The summed E-state index contributed by atoms with van der Waals surface area (Å²) < 4.78 is 0. The fourth-order valence-corrected chi connectivity index (χ4v) is 2.23. The molecule has 18 heavy (non-hydrogen) atoms. The largest absolute Gasteiger partial charge is 0.386 e. The molecule has 0 aliphatic heterocycles. The van der Waals surface area contributed by atoms with E-state index in [0.29, 0.717) is 6.42 Å². The van der Waals surface area contributed by atoms with Crippen molar-refractivity contribution < 1.29 is 9.90 Å². The molecule has 2 nitrogen and oxygen atoms in total. The number of benzene rings is 1. The second kappa shape index (κ2) is 7.32. The van der Waals surface area contributed by atoms with Crippen LogP contribution in [-0.4, -0.2) is 11.4 Å². The average molecular weight is 248 g/mol. The van der Waals surface area contributed by atoms with Crippen LogP contribution >= 0.6 is 0 Å². The summed E-state index contributed by atoms with van der Waals surface area (Å²) in [4.78, 5) is 10.2. The van der Waals surface area contributed by atoms with E-state index in [4.69, 9.17) is 0 Å². The van der Waals surface area contributed by atoms with Gasteiger partial charge in [-0.1, -0.05) is 37.1 Å². The minimum atomic E-state index is -0.770. The smallest absolute Gasteiger partial charge is 0.119 e. The molecule has 0 bridgehead atoms. The SMILES string of the molecule is CC(C)(O)c1ccccc1CCCCCCC=O. The Morgan fingerprint density at radius 2 is 1.78 bits per heavy atom. The zero-order valence-corrected chi connectivity index (χ0v) is 11.5. The predicted octanol–water partition coefficient (Wildman–Crippen LogP) is 3.61. The molecular weight excluding hydrogens is 224 g/mol. The summed E-state index contributed by atoms with van der Waals surface area (Å²) in [7, 11) is 0. The van der Waals surface area contributed by atoms with Gasteiger partial charge in [0.05, 0.1) is 5.60 Å². The first-order valence-corrected chi connectivity index (χ1v) is 6.80. The molecule has 1 N–H and O–H groups in total. The molecule has 0 spiro atoms. The lowest BCUT2D eigenvalue weighted by Gasteiger charge is -2.21. The predicted molar refractivity (Wildman–Crippen MR) is 74.5 cm³/mol.